The van der Waals surface area contributed by atoms with E-state index in [2.05, 4.69) is 32.0 Å². The zero-order chi connectivity index (χ0) is 7.84. The zero-order valence-corrected chi connectivity index (χ0v) is 6.92. The molecule has 0 aliphatic carbocycles. The average molecular weight is 148 g/mol. The summed E-state index contributed by atoms with van der Waals surface area (Å²) in [5.41, 5.74) is 2.63. The van der Waals surface area contributed by atoms with Crippen LogP contribution in [0.5, 0.6) is 5.75 Å². The van der Waals surface area contributed by atoms with Gasteiger partial charge in [0.15, 0.2) is 0 Å². The maximum absolute atomic E-state index is 5.59. The lowest BCUT2D eigenvalue weighted by atomic mass is 10.1. The largest absolute Gasteiger partial charge is 0.490 e. The Hall–Kier alpha value is -0.980. The number of benzene rings is 1. The summed E-state index contributed by atoms with van der Waals surface area (Å²) < 4.78 is 5.59. The second-order valence-electron chi connectivity index (χ2n) is 3.24. The van der Waals surface area contributed by atoms with E-state index in [1.807, 2.05) is 0 Å². The smallest absolute Gasteiger partial charge is 0.123 e. The molecule has 1 unspecified atom stereocenters. The molecule has 1 aromatic rings. The van der Waals surface area contributed by atoms with Gasteiger partial charge in [0, 0.05) is 6.42 Å². The molecule has 0 radical (unpaired) electrons. The van der Waals surface area contributed by atoms with Gasteiger partial charge in [0.05, 0.1) is 0 Å². The molecule has 2 rings (SSSR count). The lowest BCUT2D eigenvalue weighted by molar-refractivity contribution is 0.254. The van der Waals surface area contributed by atoms with Crippen LogP contribution >= 0.6 is 0 Å². The Labute approximate surface area is 67.0 Å². The number of hydrogen-bond donors (Lipinski definition) is 0. The number of ether oxygens (including phenoxy) is 1. The fourth-order valence-corrected chi connectivity index (χ4v) is 1.51. The first-order valence-electron chi connectivity index (χ1n) is 4.02. The minimum absolute atomic E-state index is 0.367. The van der Waals surface area contributed by atoms with E-state index in [1.165, 1.54) is 11.1 Å². The summed E-state index contributed by atoms with van der Waals surface area (Å²) in [6, 6.07) is 6.41. The fourth-order valence-electron chi connectivity index (χ4n) is 1.51. The quantitative estimate of drug-likeness (QED) is 0.548. The Bertz CT molecular complexity index is 278. The lowest BCUT2D eigenvalue weighted by Gasteiger charge is -2.02. The second kappa shape index (κ2) is 2.26. The average Bonchev–Trinajstić information content (AvgIpc) is 2.27. The molecular formula is C10H12O. The van der Waals surface area contributed by atoms with Crippen molar-refractivity contribution in [1.29, 1.82) is 0 Å². The molecule has 1 nitrogen and oxygen atoms in total. The molecule has 1 atom stereocenters. The van der Waals surface area contributed by atoms with Crippen LogP contribution in [0.1, 0.15) is 18.1 Å². The van der Waals surface area contributed by atoms with E-state index in [1.54, 1.807) is 0 Å². The van der Waals surface area contributed by atoms with Gasteiger partial charge in [-0.25, -0.2) is 0 Å². The Morgan fingerprint density at radius 2 is 2.27 bits per heavy atom. The Morgan fingerprint density at radius 3 is 3.09 bits per heavy atom. The van der Waals surface area contributed by atoms with Gasteiger partial charge in [-0.1, -0.05) is 12.1 Å². The van der Waals surface area contributed by atoms with Gasteiger partial charge >= 0.3 is 0 Å². The topological polar surface area (TPSA) is 9.23 Å². The predicted molar refractivity (Wildman–Crippen MR) is 45.0 cm³/mol. The Morgan fingerprint density at radius 1 is 1.45 bits per heavy atom. The third kappa shape index (κ3) is 1.11. The number of rotatable bonds is 0. The van der Waals surface area contributed by atoms with Gasteiger partial charge in [-0.05, 0) is 31.0 Å². The number of hydrogen-bond acceptors (Lipinski definition) is 1. The van der Waals surface area contributed by atoms with Gasteiger partial charge in [0.25, 0.3) is 0 Å². The fraction of sp³-hybridized carbons (Fsp3) is 0.400. The van der Waals surface area contributed by atoms with Crippen LogP contribution in [-0.2, 0) is 6.42 Å². The minimum Gasteiger partial charge on any atom is -0.490 e. The molecule has 1 aromatic carbocycles. The van der Waals surface area contributed by atoms with E-state index in [0.29, 0.717) is 6.10 Å². The first-order chi connectivity index (χ1) is 5.25. The highest BCUT2D eigenvalue weighted by atomic mass is 16.5. The molecule has 0 saturated carbocycles. The molecule has 0 amide bonds. The van der Waals surface area contributed by atoms with Crippen LogP contribution in [0, 0.1) is 6.92 Å². The van der Waals surface area contributed by atoms with Gasteiger partial charge in [-0.3, -0.25) is 0 Å². The summed E-state index contributed by atoms with van der Waals surface area (Å²) >= 11 is 0. The summed E-state index contributed by atoms with van der Waals surface area (Å²) in [5.74, 6) is 1.08. The lowest BCUT2D eigenvalue weighted by Crippen LogP contribution is -2.05. The number of aryl methyl sites for hydroxylation is 1. The highest BCUT2D eigenvalue weighted by Gasteiger charge is 2.17. The summed E-state index contributed by atoms with van der Waals surface area (Å²) in [6.45, 7) is 4.20. The molecule has 1 aliphatic heterocycles. The summed E-state index contributed by atoms with van der Waals surface area (Å²) in [7, 11) is 0. The molecule has 1 heterocycles. The van der Waals surface area contributed by atoms with Gasteiger partial charge < -0.3 is 4.74 Å². The first kappa shape index (κ1) is 6.71. The highest BCUT2D eigenvalue weighted by Crippen LogP contribution is 2.28. The van der Waals surface area contributed by atoms with Crippen LogP contribution < -0.4 is 4.74 Å². The van der Waals surface area contributed by atoms with Crippen molar-refractivity contribution in [3.8, 4) is 5.75 Å². The third-order valence-corrected chi connectivity index (χ3v) is 2.06. The van der Waals surface area contributed by atoms with Crippen LogP contribution in [0.4, 0.5) is 0 Å². The maximum atomic E-state index is 5.59. The van der Waals surface area contributed by atoms with E-state index < -0.39 is 0 Å². The van der Waals surface area contributed by atoms with Crippen LogP contribution in [-0.4, -0.2) is 6.10 Å². The maximum Gasteiger partial charge on any atom is 0.123 e. The van der Waals surface area contributed by atoms with Crippen molar-refractivity contribution in [2.45, 2.75) is 26.4 Å². The molecule has 0 saturated heterocycles. The third-order valence-electron chi connectivity index (χ3n) is 2.06. The molecule has 0 bridgehead atoms. The van der Waals surface area contributed by atoms with E-state index in [0.717, 1.165) is 12.2 Å². The van der Waals surface area contributed by atoms with Gasteiger partial charge in [0.1, 0.15) is 11.9 Å². The second-order valence-corrected chi connectivity index (χ2v) is 3.24. The Kier molecular flexibility index (Phi) is 1.38. The molecule has 0 aromatic heterocycles. The first-order valence-corrected chi connectivity index (χ1v) is 4.02. The SMILES string of the molecule is Cc1ccc2c(c1)OC(C)C2. The van der Waals surface area contributed by atoms with E-state index in [9.17, 15) is 0 Å². The normalized spacial score (nSPS) is 21.1. The van der Waals surface area contributed by atoms with Crippen molar-refractivity contribution in [3.63, 3.8) is 0 Å². The van der Waals surface area contributed by atoms with E-state index in [-0.39, 0.29) is 0 Å². The minimum atomic E-state index is 0.367. The standard InChI is InChI=1S/C10H12O/c1-7-3-4-9-6-8(2)11-10(9)5-7/h3-5,8H,6H2,1-2H3. The molecular weight excluding hydrogens is 136 g/mol. The monoisotopic (exact) mass is 148 g/mol. The van der Waals surface area contributed by atoms with Gasteiger partial charge in [-0.2, -0.15) is 0 Å². The van der Waals surface area contributed by atoms with Crippen molar-refractivity contribution in [3.05, 3.63) is 29.3 Å². The van der Waals surface area contributed by atoms with Gasteiger partial charge in [0.2, 0.25) is 0 Å². The molecule has 11 heavy (non-hydrogen) atoms. The van der Waals surface area contributed by atoms with Crippen molar-refractivity contribution >= 4 is 0 Å². The molecule has 0 fully saturated rings. The van der Waals surface area contributed by atoms with Crippen LogP contribution in [0.3, 0.4) is 0 Å². The molecule has 0 N–H and O–H groups in total. The Balaban J connectivity index is 2.43. The van der Waals surface area contributed by atoms with Crippen molar-refractivity contribution < 1.29 is 4.74 Å². The van der Waals surface area contributed by atoms with Crippen molar-refractivity contribution in [2.24, 2.45) is 0 Å². The van der Waals surface area contributed by atoms with Crippen molar-refractivity contribution in [1.82, 2.24) is 0 Å². The van der Waals surface area contributed by atoms with Crippen molar-refractivity contribution in [2.75, 3.05) is 0 Å². The predicted octanol–water partition coefficient (Wildman–Crippen LogP) is 2.32. The molecule has 1 aliphatic rings. The van der Waals surface area contributed by atoms with Crippen LogP contribution in [0.15, 0.2) is 18.2 Å². The zero-order valence-electron chi connectivity index (χ0n) is 6.92. The van der Waals surface area contributed by atoms with E-state index >= 15 is 0 Å². The molecule has 1 heteroatoms. The van der Waals surface area contributed by atoms with Gasteiger partial charge in [-0.15, -0.1) is 0 Å². The number of fused-ring (bicyclic) bond motifs is 1. The molecule has 58 valence electrons. The molecule has 0 spiro atoms. The summed E-state index contributed by atoms with van der Waals surface area (Å²) in [4.78, 5) is 0. The summed E-state index contributed by atoms with van der Waals surface area (Å²) in [5, 5.41) is 0. The highest BCUT2D eigenvalue weighted by molar-refractivity contribution is 5.40. The summed E-state index contributed by atoms with van der Waals surface area (Å²) in [6.07, 6.45) is 1.43. The van der Waals surface area contributed by atoms with Crippen LogP contribution in [0.25, 0.3) is 0 Å². The van der Waals surface area contributed by atoms with E-state index in [4.69, 9.17) is 4.74 Å². The van der Waals surface area contributed by atoms with Crippen LogP contribution in [0.2, 0.25) is 0 Å².